The topological polar surface area (TPSA) is 6.48 Å². The highest BCUT2D eigenvalue weighted by Crippen LogP contribution is 2.20. The highest BCUT2D eigenvalue weighted by Gasteiger charge is 2.03. The maximum atomic E-state index is 12.4. The van der Waals surface area contributed by atoms with Crippen LogP contribution in [0.25, 0.3) is 0 Å². The van der Waals surface area contributed by atoms with Gasteiger partial charge in [0.1, 0.15) is 5.69 Å². The van der Waals surface area contributed by atoms with Gasteiger partial charge in [-0.15, -0.1) is 4.48 Å². The van der Waals surface area contributed by atoms with Crippen LogP contribution in [0.5, 0.6) is 0 Å². The molecule has 1 aromatic rings. The number of hydrogen-bond donors (Lipinski definition) is 0. The van der Waals surface area contributed by atoms with Gasteiger partial charge in [-0.2, -0.15) is 0 Å². The summed E-state index contributed by atoms with van der Waals surface area (Å²) < 4.78 is 36.1. The Morgan fingerprint density at radius 2 is 1.33 bits per heavy atom. The molecule has 5 heteroatoms. The van der Waals surface area contributed by atoms with Crippen LogP contribution < -0.4 is 10.5 Å². The van der Waals surface area contributed by atoms with E-state index in [2.05, 4.69) is 0 Å². The summed E-state index contributed by atoms with van der Waals surface area (Å²) in [6.45, 7) is 0. The van der Waals surface area contributed by atoms with Crippen molar-refractivity contribution in [3.05, 3.63) is 24.3 Å². The van der Waals surface area contributed by atoms with E-state index in [1.165, 1.54) is 19.2 Å². The van der Waals surface area contributed by atoms with Gasteiger partial charge in [-0.3, -0.25) is 0 Å². The van der Waals surface area contributed by atoms with E-state index >= 15 is 0 Å². The SMILES string of the molecule is CN(F)c1ccc(N(F)F)cc1. The summed E-state index contributed by atoms with van der Waals surface area (Å²) in [6.07, 6.45) is 0. The first-order valence-electron chi connectivity index (χ1n) is 3.22. The molecule has 66 valence electrons. The molecule has 0 spiro atoms. The van der Waals surface area contributed by atoms with Crippen molar-refractivity contribution in [2.75, 3.05) is 17.5 Å². The lowest BCUT2D eigenvalue weighted by Gasteiger charge is -2.07. The molecule has 12 heavy (non-hydrogen) atoms. The molecule has 0 atom stereocenters. The van der Waals surface area contributed by atoms with Gasteiger partial charge in [-0.1, -0.05) is 8.96 Å². The van der Waals surface area contributed by atoms with Crippen molar-refractivity contribution in [3.8, 4) is 0 Å². The molecule has 1 rings (SSSR count). The molecule has 0 N–H and O–H groups in total. The van der Waals surface area contributed by atoms with E-state index in [9.17, 15) is 13.4 Å². The second-order valence-electron chi connectivity index (χ2n) is 2.23. The molecule has 0 unspecified atom stereocenters. The van der Waals surface area contributed by atoms with Crippen LogP contribution in [-0.4, -0.2) is 7.05 Å². The zero-order valence-electron chi connectivity index (χ0n) is 6.34. The Labute approximate surface area is 67.6 Å². The predicted octanol–water partition coefficient (Wildman–Crippen LogP) is 2.58. The Bertz CT molecular complexity index is 218. The Hall–Kier alpha value is -1.39. The molecule has 0 aromatic heterocycles. The van der Waals surface area contributed by atoms with Gasteiger partial charge in [0.15, 0.2) is 0 Å². The highest BCUT2D eigenvalue weighted by atomic mass is 19.4. The molecule has 0 saturated carbocycles. The van der Waals surface area contributed by atoms with Gasteiger partial charge < -0.3 is 0 Å². The van der Waals surface area contributed by atoms with Crippen LogP contribution in [-0.2, 0) is 0 Å². The number of anilines is 2. The molecular formula is C7H7F3N2. The number of halogens is 3. The van der Waals surface area contributed by atoms with Crippen molar-refractivity contribution in [2.24, 2.45) is 0 Å². The first kappa shape index (κ1) is 8.70. The van der Waals surface area contributed by atoms with E-state index < -0.39 is 5.34 Å². The van der Waals surface area contributed by atoms with Gasteiger partial charge in [-0.05, 0) is 29.6 Å². The third-order valence-corrected chi connectivity index (χ3v) is 1.40. The van der Waals surface area contributed by atoms with E-state index in [1.54, 1.807) is 0 Å². The fourth-order valence-corrected chi connectivity index (χ4v) is 0.771. The summed E-state index contributed by atoms with van der Waals surface area (Å²) in [5.41, 5.74) is -0.0267. The second kappa shape index (κ2) is 3.34. The molecule has 0 saturated heterocycles. The maximum Gasteiger partial charge on any atom is 0.105 e. The van der Waals surface area contributed by atoms with Gasteiger partial charge in [-0.25, -0.2) is 5.12 Å². The monoisotopic (exact) mass is 176 g/mol. The molecule has 0 fully saturated rings. The van der Waals surface area contributed by atoms with Gasteiger partial charge in [0.2, 0.25) is 0 Å². The molecular weight excluding hydrogens is 169 g/mol. The van der Waals surface area contributed by atoms with Gasteiger partial charge in [0.05, 0.1) is 5.69 Å². The molecule has 0 aliphatic heterocycles. The van der Waals surface area contributed by atoms with Crippen LogP contribution in [0.1, 0.15) is 0 Å². The summed E-state index contributed by atoms with van der Waals surface area (Å²) in [6, 6.07) is 4.79. The zero-order valence-corrected chi connectivity index (χ0v) is 6.34. The molecule has 0 amide bonds. The zero-order chi connectivity index (χ0) is 9.14. The van der Waals surface area contributed by atoms with E-state index in [1.807, 2.05) is 0 Å². The smallest absolute Gasteiger partial charge is 0.105 e. The number of benzene rings is 1. The lowest BCUT2D eigenvalue weighted by Crippen LogP contribution is -2.02. The van der Waals surface area contributed by atoms with E-state index in [-0.39, 0.29) is 11.4 Å². The number of hydrogen-bond acceptors (Lipinski definition) is 2. The molecule has 0 bridgehead atoms. The lowest BCUT2D eigenvalue weighted by molar-refractivity contribution is 0.235. The minimum absolute atomic E-state index is 0.237. The van der Waals surface area contributed by atoms with Gasteiger partial charge in [0, 0.05) is 7.05 Å². The van der Waals surface area contributed by atoms with Crippen molar-refractivity contribution < 1.29 is 13.4 Å². The molecule has 0 aliphatic rings. The minimum atomic E-state index is -1.03. The summed E-state index contributed by atoms with van der Waals surface area (Å²) in [5, 5.41) is -0.674. The Morgan fingerprint density at radius 3 is 1.67 bits per heavy atom. The average Bonchev–Trinajstić information content (AvgIpc) is 2.04. The normalized spacial score (nSPS) is 9.67. The van der Waals surface area contributed by atoms with Crippen molar-refractivity contribution in [2.45, 2.75) is 0 Å². The predicted molar refractivity (Wildman–Crippen MR) is 40.6 cm³/mol. The standard InChI is InChI=1S/C7H7F3N2/c1-11(8)6-2-4-7(5-3-6)12(9)10/h2-5H,1H3. The van der Waals surface area contributed by atoms with Crippen LogP contribution in [0.4, 0.5) is 24.8 Å². The highest BCUT2D eigenvalue weighted by molar-refractivity contribution is 5.52. The van der Waals surface area contributed by atoms with Crippen LogP contribution in [0.15, 0.2) is 24.3 Å². The maximum absolute atomic E-state index is 12.4. The Balaban J connectivity index is 2.86. The van der Waals surface area contributed by atoms with Crippen LogP contribution in [0.2, 0.25) is 0 Å². The molecule has 0 heterocycles. The molecule has 0 aliphatic carbocycles. The van der Waals surface area contributed by atoms with Gasteiger partial charge in [0.25, 0.3) is 0 Å². The fraction of sp³-hybridized carbons (Fsp3) is 0.143. The lowest BCUT2D eigenvalue weighted by atomic mass is 10.3. The van der Waals surface area contributed by atoms with Crippen LogP contribution in [0.3, 0.4) is 0 Å². The Kier molecular flexibility index (Phi) is 2.42. The largest absolute Gasteiger partial charge is 0.215 e. The van der Waals surface area contributed by atoms with E-state index in [4.69, 9.17) is 0 Å². The molecule has 2 nitrogen and oxygen atoms in total. The second-order valence-corrected chi connectivity index (χ2v) is 2.23. The van der Waals surface area contributed by atoms with Crippen LogP contribution in [0, 0.1) is 0 Å². The third kappa shape index (κ3) is 1.81. The first-order valence-corrected chi connectivity index (χ1v) is 3.22. The van der Waals surface area contributed by atoms with Crippen molar-refractivity contribution in [3.63, 3.8) is 0 Å². The Morgan fingerprint density at radius 1 is 0.917 bits per heavy atom. The van der Waals surface area contributed by atoms with E-state index in [0.29, 0.717) is 5.12 Å². The summed E-state index contributed by atoms with van der Waals surface area (Å²) >= 11 is 0. The molecule has 0 radical (unpaired) electrons. The van der Waals surface area contributed by atoms with Gasteiger partial charge >= 0.3 is 0 Å². The average molecular weight is 176 g/mol. The third-order valence-electron chi connectivity index (χ3n) is 1.40. The summed E-state index contributed by atoms with van der Waals surface area (Å²) in [7, 11) is 1.19. The van der Waals surface area contributed by atoms with Crippen molar-refractivity contribution in [1.29, 1.82) is 0 Å². The minimum Gasteiger partial charge on any atom is -0.215 e. The summed E-state index contributed by atoms with van der Waals surface area (Å²) in [5.74, 6) is 0. The first-order chi connectivity index (χ1) is 5.61. The fourth-order valence-electron chi connectivity index (χ4n) is 0.771. The molecule has 1 aromatic carbocycles. The van der Waals surface area contributed by atoms with Crippen molar-refractivity contribution in [1.82, 2.24) is 0 Å². The van der Waals surface area contributed by atoms with Crippen molar-refractivity contribution >= 4 is 11.4 Å². The summed E-state index contributed by atoms with van der Waals surface area (Å²) in [4.78, 5) is 0. The van der Waals surface area contributed by atoms with Crippen LogP contribution >= 0.6 is 0 Å². The number of rotatable bonds is 2. The number of nitrogens with zero attached hydrogens (tertiary/aromatic N) is 2. The van der Waals surface area contributed by atoms with E-state index in [0.717, 1.165) is 12.1 Å². The quantitative estimate of drug-likeness (QED) is 0.639.